The van der Waals surface area contributed by atoms with Crippen LogP contribution in [0.3, 0.4) is 0 Å². The van der Waals surface area contributed by atoms with E-state index in [9.17, 15) is 9.50 Å². The third-order valence-electron chi connectivity index (χ3n) is 3.44. The molecule has 2 nitrogen and oxygen atoms in total. The maximum atomic E-state index is 12.8. The standard InChI is InChI=1S/C14H19FO2/c1-9-7-10(2)14(13(16)8-9)17-12-5-3-11(15)4-6-12/h3-6,9-10,13-14,16H,7-8H2,1-2H3. The van der Waals surface area contributed by atoms with E-state index in [4.69, 9.17) is 4.74 Å². The molecule has 1 N–H and O–H groups in total. The van der Waals surface area contributed by atoms with Crippen molar-refractivity contribution >= 4 is 0 Å². The molecule has 1 aliphatic rings. The minimum Gasteiger partial charge on any atom is -0.487 e. The Morgan fingerprint density at radius 1 is 1.18 bits per heavy atom. The van der Waals surface area contributed by atoms with Crippen molar-refractivity contribution < 1.29 is 14.2 Å². The molecule has 0 radical (unpaired) electrons. The van der Waals surface area contributed by atoms with Crippen LogP contribution < -0.4 is 4.74 Å². The molecule has 1 aromatic rings. The van der Waals surface area contributed by atoms with Gasteiger partial charge in [0.1, 0.15) is 17.7 Å². The number of halogens is 1. The summed E-state index contributed by atoms with van der Waals surface area (Å²) in [6.07, 6.45) is 1.22. The van der Waals surface area contributed by atoms with Gasteiger partial charge >= 0.3 is 0 Å². The van der Waals surface area contributed by atoms with E-state index in [1.54, 1.807) is 12.1 Å². The van der Waals surface area contributed by atoms with Crippen LogP contribution in [0.4, 0.5) is 4.39 Å². The van der Waals surface area contributed by atoms with Crippen molar-refractivity contribution in [1.29, 1.82) is 0 Å². The third kappa shape index (κ3) is 2.97. The fraction of sp³-hybridized carbons (Fsp3) is 0.571. The van der Waals surface area contributed by atoms with Crippen LogP contribution in [0.2, 0.25) is 0 Å². The van der Waals surface area contributed by atoms with Gasteiger partial charge in [-0.1, -0.05) is 13.8 Å². The van der Waals surface area contributed by atoms with Crippen molar-refractivity contribution in [1.82, 2.24) is 0 Å². The minimum absolute atomic E-state index is 0.184. The summed E-state index contributed by atoms with van der Waals surface area (Å²) >= 11 is 0. The number of hydrogen-bond donors (Lipinski definition) is 1. The van der Waals surface area contributed by atoms with Gasteiger partial charge in [0.05, 0.1) is 6.10 Å². The Kier molecular flexibility index (Phi) is 3.67. The number of benzene rings is 1. The van der Waals surface area contributed by atoms with Crippen LogP contribution >= 0.6 is 0 Å². The molecule has 1 aromatic carbocycles. The number of aliphatic hydroxyl groups is 1. The summed E-state index contributed by atoms with van der Waals surface area (Å²) in [5.74, 6) is 1.20. The van der Waals surface area contributed by atoms with Crippen LogP contribution in [0.15, 0.2) is 24.3 Å². The summed E-state index contributed by atoms with van der Waals surface area (Å²) in [7, 11) is 0. The number of ether oxygens (including phenoxy) is 1. The lowest BCUT2D eigenvalue weighted by Crippen LogP contribution is -2.43. The Bertz CT molecular complexity index is 351. The second kappa shape index (κ2) is 5.05. The van der Waals surface area contributed by atoms with Gasteiger partial charge in [0, 0.05) is 0 Å². The molecule has 94 valence electrons. The fourth-order valence-corrected chi connectivity index (χ4v) is 2.66. The van der Waals surface area contributed by atoms with E-state index in [-0.39, 0.29) is 11.9 Å². The Morgan fingerprint density at radius 2 is 1.82 bits per heavy atom. The Balaban J connectivity index is 2.04. The molecular weight excluding hydrogens is 219 g/mol. The van der Waals surface area contributed by atoms with E-state index < -0.39 is 6.10 Å². The highest BCUT2D eigenvalue weighted by Crippen LogP contribution is 2.32. The van der Waals surface area contributed by atoms with Gasteiger partial charge in [0.25, 0.3) is 0 Å². The molecule has 1 saturated carbocycles. The smallest absolute Gasteiger partial charge is 0.127 e. The second-order valence-electron chi connectivity index (χ2n) is 5.16. The van der Waals surface area contributed by atoms with Gasteiger partial charge in [-0.05, 0) is 48.9 Å². The molecule has 4 atom stereocenters. The second-order valence-corrected chi connectivity index (χ2v) is 5.16. The first-order valence-electron chi connectivity index (χ1n) is 6.16. The highest BCUT2D eigenvalue weighted by molar-refractivity contribution is 5.22. The van der Waals surface area contributed by atoms with Crippen molar-refractivity contribution in [3.63, 3.8) is 0 Å². The van der Waals surface area contributed by atoms with Gasteiger partial charge in [-0.25, -0.2) is 4.39 Å². The summed E-state index contributed by atoms with van der Waals surface area (Å²) in [5.41, 5.74) is 0. The van der Waals surface area contributed by atoms with Gasteiger partial charge in [0.15, 0.2) is 0 Å². The molecular formula is C14H19FO2. The fourth-order valence-electron chi connectivity index (χ4n) is 2.66. The van der Waals surface area contributed by atoms with Crippen LogP contribution in [-0.4, -0.2) is 17.3 Å². The van der Waals surface area contributed by atoms with Gasteiger partial charge in [0.2, 0.25) is 0 Å². The lowest BCUT2D eigenvalue weighted by molar-refractivity contribution is -0.0388. The maximum absolute atomic E-state index is 12.8. The van der Waals surface area contributed by atoms with E-state index >= 15 is 0 Å². The molecule has 0 heterocycles. The van der Waals surface area contributed by atoms with E-state index in [2.05, 4.69) is 13.8 Å². The lowest BCUT2D eigenvalue weighted by Gasteiger charge is -2.36. The first kappa shape index (κ1) is 12.4. The lowest BCUT2D eigenvalue weighted by atomic mass is 9.79. The molecule has 17 heavy (non-hydrogen) atoms. The summed E-state index contributed by atoms with van der Waals surface area (Å²) < 4.78 is 18.5. The Labute approximate surface area is 101 Å². The van der Waals surface area contributed by atoms with Gasteiger partial charge in [-0.15, -0.1) is 0 Å². The molecule has 1 fully saturated rings. The van der Waals surface area contributed by atoms with Crippen LogP contribution in [0.1, 0.15) is 26.7 Å². The van der Waals surface area contributed by atoms with Crippen LogP contribution in [0.5, 0.6) is 5.75 Å². The van der Waals surface area contributed by atoms with Crippen molar-refractivity contribution in [2.75, 3.05) is 0 Å². The molecule has 3 heteroatoms. The first-order valence-corrected chi connectivity index (χ1v) is 6.16. The number of aliphatic hydroxyl groups excluding tert-OH is 1. The summed E-state index contributed by atoms with van der Waals surface area (Å²) in [6, 6.07) is 5.95. The zero-order chi connectivity index (χ0) is 12.4. The predicted octanol–water partition coefficient (Wildman–Crippen LogP) is 3.00. The molecule has 4 unspecified atom stereocenters. The number of rotatable bonds is 2. The summed E-state index contributed by atoms with van der Waals surface area (Å²) in [6.45, 7) is 4.24. The molecule has 0 spiro atoms. The zero-order valence-electron chi connectivity index (χ0n) is 10.3. The van der Waals surface area contributed by atoms with Gasteiger partial charge in [-0.3, -0.25) is 0 Å². The van der Waals surface area contributed by atoms with Gasteiger partial charge < -0.3 is 9.84 Å². The minimum atomic E-state index is -0.432. The van der Waals surface area contributed by atoms with Crippen molar-refractivity contribution in [2.45, 2.75) is 38.9 Å². The molecule has 1 aliphatic carbocycles. The molecule has 2 rings (SSSR count). The Morgan fingerprint density at radius 3 is 2.41 bits per heavy atom. The molecule has 0 aliphatic heterocycles. The van der Waals surface area contributed by atoms with Crippen LogP contribution in [0, 0.1) is 17.7 Å². The SMILES string of the molecule is CC1CC(C)C(Oc2ccc(F)cc2)C(O)C1. The normalized spacial score (nSPS) is 33.4. The third-order valence-corrected chi connectivity index (χ3v) is 3.44. The molecule has 0 amide bonds. The summed E-state index contributed by atoms with van der Waals surface area (Å²) in [4.78, 5) is 0. The van der Waals surface area contributed by atoms with Gasteiger partial charge in [-0.2, -0.15) is 0 Å². The van der Waals surface area contributed by atoms with Crippen molar-refractivity contribution in [3.8, 4) is 5.75 Å². The van der Waals surface area contributed by atoms with Crippen LogP contribution in [-0.2, 0) is 0 Å². The molecule has 0 aromatic heterocycles. The summed E-state index contributed by atoms with van der Waals surface area (Å²) in [5, 5.41) is 10.0. The average Bonchev–Trinajstić information content (AvgIpc) is 2.26. The highest BCUT2D eigenvalue weighted by Gasteiger charge is 2.34. The molecule has 0 bridgehead atoms. The zero-order valence-corrected chi connectivity index (χ0v) is 10.3. The van der Waals surface area contributed by atoms with Crippen LogP contribution in [0.25, 0.3) is 0 Å². The van der Waals surface area contributed by atoms with E-state index in [1.165, 1.54) is 12.1 Å². The first-order chi connectivity index (χ1) is 8.06. The maximum Gasteiger partial charge on any atom is 0.127 e. The number of hydrogen-bond acceptors (Lipinski definition) is 2. The van der Waals surface area contributed by atoms with E-state index in [1.807, 2.05) is 0 Å². The van der Waals surface area contributed by atoms with E-state index in [0.717, 1.165) is 12.8 Å². The average molecular weight is 238 g/mol. The van der Waals surface area contributed by atoms with Crippen molar-refractivity contribution in [2.24, 2.45) is 11.8 Å². The molecule has 0 saturated heterocycles. The Hall–Kier alpha value is -1.09. The topological polar surface area (TPSA) is 29.5 Å². The van der Waals surface area contributed by atoms with E-state index in [0.29, 0.717) is 17.6 Å². The monoisotopic (exact) mass is 238 g/mol. The predicted molar refractivity (Wildman–Crippen MR) is 64.4 cm³/mol. The largest absolute Gasteiger partial charge is 0.487 e. The van der Waals surface area contributed by atoms with Crippen molar-refractivity contribution in [3.05, 3.63) is 30.1 Å². The highest BCUT2D eigenvalue weighted by atomic mass is 19.1. The quantitative estimate of drug-likeness (QED) is 0.858.